The molecule has 0 aliphatic heterocycles. The smallest absolute Gasteiger partial charge is 0.133 e. The summed E-state index contributed by atoms with van der Waals surface area (Å²) in [6.07, 6.45) is 0.820. The Morgan fingerprint density at radius 3 is 2.56 bits per heavy atom. The summed E-state index contributed by atoms with van der Waals surface area (Å²) in [5.41, 5.74) is 8.72. The number of rotatable bonds is 2. The minimum Gasteiger partial charge on any atom is -0.507 e. The molecule has 0 heterocycles. The molecule has 2 aromatic rings. The number of anilines is 1. The number of nitrogens with two attached hydrogens (primary N) is 1. The van der Waals surface area contributed by atoms with Gasteiger partial charge in [0.15, 0.2) is 0 Å². The summed E-state index contributed by atoms with van der Waals surface area (Å²) in [5, 5.41) is 9.88. The highest BCUT2D eigenvalue weighted by Gasteiger charge is 2.14. The lowest BCUT2D eigenvalue weighted by Gasteiger charge is -2.11. The van der Waals surface area contributed by atoms with Crippen molar-refractivity contribution in [2.75, 3.05) is 5.73 Å². The summed E-state index contributed by atoms with van der Waals surface area (Å²) in [6.45, 7) is 3.79. The molecule has 0 atom stereocenters. The quantitative estimate of drug-likeness (QED) is 0.793. The van der Waals surface area contributed by atoms with Gasteiger partial charge in [-0.15, -0.1) is 0 Å². The summed E-state index contributed by atoms with van der Waals surface area (Å²) in [7, 11) is 0. The Kier molecular flexibility index (Phi) is 3.24. The normalized spacial score (nSPS) is 10.6. The van der Waals surface area contributed by atoms with Crippen molar-refractivity contribution in [1.29, 1.82) is 0 Å². The third kappa shape index (κ3) is 2.16. The van der Waals surface area contributed by atoms with Gasteiger partial charge in [0.1, 0.15) is 11.6 Å². The third-order valence-corrected chi connectivity index (χ3v) is 3.00. The average Bonchev–Trinajstić information content (AvgIpc) is 2.30. The molecule has 2 nitrogen and oxygen atoms in total. The van der Waals surface area contributed by atoms with Crippen LogP contribution in [0.3, 0.4) is 0 Å². The highest BCUT2D eigenvalue weighted by Crippen LogP contribution is 2.36. The van der Waals surface area contributed by atoms with E-state index >= 15 is 0 Å². The van der Waals surface area contributed by atoms with Gasteiger partial charge in [0.2, 0.25) is 0 Å². The molecule has 2 aromatic carbocycles. The number of benzene rings is 2. The lowest BCUT2D eigenvalue weighted by Crippen LogP contribution is -1.96. The molecule has 0 saturated heterocycles. The zero-order valence-electron chi connectivity index (χ0n) is 10.5. The molecule has 0 bridgehead atoms. The lowest BCUT2D eigenvalue weighted by atomic mass is 9.98. The second-order valence-corrected chi connectivity index (χ2v) is 4.42. The largest absolute Gasteiger partial charge is 0.507 e. The third-order valence-electron chi connectivity index (χ3n) is 3.00. The highest BCUT2D eigenvalue weighted by molar-refractivity contribution is 5.81. The average molecular weight is 245 g/mol. The molecule has 0 aromatic heterocycles. The zero-order valence-corrected chi connectivity index (χ0v) is 10.5. The highest BCUT2D eigenvalue weighted by atomic mass is 19.1. The Morgan fingerprint density at radius 1 is 1.22 bits per heavy atom. The molecule has 18 heavy (non-hydrogen) atoms. The van der Waals surface area contributed by atoms with Crippen LogP contribution >= 0.6 is 0 Å². The van der Waals surface area contributed by atoms with Gasteiger partial charge in [0.25, 0.3) is 0 Å². The van der Waals surface area contributed by atoms with Gasteiger partial charge >= 0.3 is 0 Å². The number of nitrogen functional groups attached to an aromatic ring is 1. The van der Waals surface area contributed by atoms with Crippen LogP contribution in [0.4, 0.5) is 10.1 Å². The molecule has 0 unspecified atom stereocenters. The minimum absolute atomic E-state index is 0.0432. The molecule has 0 fully saturated rings. The Hall–Kier alpha value is -2.03. The van der Waals surface area contributed by atoms with Gasteiger partial charge in [-0.05, 0) is 48.7 Å². The van der Waals surface area contributed by atoms with Crippen LogP contribution in [0, 0.1) is 12.7 Å². The SMILES string of the molecule is CCc1ccc(O)c(-c2c(N)cc(C)cc2F)c1. The number of hydrogen-bond donors (Lipinski definition) is 2. The van der Waals surface area contributed by atoms with Crippen LogP contribution in [-0.2, 0) is 6.42 Å². The fraction of sp³-hybridized carbons (Fsp3) is 0.200. The molecule has 0 saturated carbocycles. The van der Waals surface area contributed by atoms with Gasteiger partial charge in [0.05, 0.1) is 0 Å². The van der Waals surface area contributed by atoms with Gasteiger partial charge in [-0.25, -0.2) is 4.39 Å². The first kappa shape index (κ1) is 12.4. The van der Waals surface area contributed by atoms with E-state index in [4.69, 9.17) is 5.73 Å². The van der Waals surface area contributed by atoms with Crippen LogP contribution in [0.25, 0.3) is 11.1 Å². The van der Waals surface area contributed by atoms with E-state index in [0.29, 0.717) is 11.3 Å². The van der Waals surface area contributed by atoms with E-state index in [1.54, 1.807) is 25.1 Å². The maximum absolute atomic E-state index is 14.0. The predicted molar refractivity (Wildman–Crippen MR) is 72.0 cm³/mol. The molecule has 0 spiro atoms. The molecule has 0 aliphatic rings. The van der Waals surface area contributed by atoms with Crippen LogP contribution in [0.2, 0.25) is 0 Å². The summed E-state index contributed by atoms with van der Waals surface area (Å²) < 4.78 is 14.0. The Balaban J connectivity index is 2.68. The minimum atomic E-state index is -0.406. The van der Waals surface area contributed by atoms with E-state index in [1.807, 2.05) is 13.0 Å². The first-order chi connectivity index (χ1) is 8.52. The summed E-state index contributed by atoms with van der Waals surface area (Å²) in [6, 6.07) is 8.30. The van der Waals surface area contributed by atoms with E-state index in [1.165, 1.54) is 6.07 Å². The van der Waals surface area contributed by atoms with E-state index in [-0.39, 0.29) is 11.3 Å². The summed E-state index contributed by atoms with van der Waals surface area (Å²) >= 11 is 0. The zero-order chi connectivity index (χ0) is 13.3. The maximum atomic E-state index is 14.0. The van der Waals surface area contributed by atoms with Gasteiger partial charge in [-0.1, -0.05) is 13.0 Å². The molecule has 94 valence electrons. The van der Waals surface area contributed by atoms with Gasteiger partial charge in [-0.2, -0.15) is 0 Å². The first-order valence-electron chi connectivity index (χ1n) is 5.90. The van der Waals surface area contributed by atoms with E-state index in [0.717, 1.165) is 17.5 Å². The molecular formula is C15H16FNO. The fourth-order valence-corrected chi connectivity index (χ4v) is 2.06. The maximum Gasteiger partial charge on any atom is 0.133 e. The second-order valence-electron chi connectivity index (χ2n) is 4.42. The molecular weight excluding hydrogens is 229 g/mol. The molecule has 3 heteroatoms. The monoisotopic (exact) mass is 245 g/mol. The summed E-state index contributed by atoms with van der Waals surface area (Å²) in [5.74, 6) is -0.363. The van der Waals surface area contributed by atoms with Crippen molar-refractivity contribution in [2.24, 2.45) is 0 Å². The fourth-order valence-electron chi connectivity index (χ4n) is 2.06. The Bertz CT molecular complexity index is 570. The van der Waals surface area contributed by atoms with Gasteiger partial charge in [-0.3, -0.25) is 0 Å². The van der Waals surface area contributed by atoms with Crippen LogP contribution in [0.5, 0.6) is 5.75 Å². The van der Waals surface area contributed by atoms with E-state index < -0.39 is 5.82 Å². The Morgan fingerprint density at radius 2 is 1.94 bits per heavy atom. The van der Waals surface area contributed by atoms with Crippen molar-refractivity contribution in [3.05, 3.63) is 47.3 Å². The number of hydrogen-bond acceptors (Lipinski definition) is 2. The first-order valence-corrected chi connectivity index (χ1v) is 5.90. The molecule has 0 radical (unpaired) electrons. The predicted octanol–water partition coefficient (Wildman–Crippen LogP) is 3.65. The Labute approximate surface area is 106 Å². The van der Waals surface area contributed by atoms with E-state index in [2.05, 4.69) is 0 Å². The number of aryl methyl sites for hydroxylation is 2. The number of phenolic OH excluding ortho intramolecular Hbond substituents is 1. The van der Waals surface area contributed by atoms with Gasteiger partial charge < -0.3 is 10.8 Å². The van der Waals surface area contributed by atoms with Crippen LogP contribution in [-0.4, -0.2) is 5.11 Å². The molecule has 3 N–H and O–H groups in total. The van der Waals surface area contributed by atoms with Crippen molar-refractivity contribution < 1.29 is 9.50 Å². The second kappa shape index (κ2) is 4.69. The van der Waals surface area contributed by atoms with Crippen LogP contribution in [0.15, 0.2) is 30.3 Å². The van der Waals surface area contributed by atoms with E-state index in [9.17, 15) is 9.50 Å². The van der Waals surface area contributed by atoms with Crippen molar-refractivity contribution in [2.45, 2.75) is 20.3 Å². The van der Waals surface area contributed by atoms with Crippen LogP contribution < -0.4 is 5.73 Å². The number of halogens is 1. The molecule has 0 amide bonds. The topological polar surface area (TPSA) is 46.2 Å². The van der Waals surface area contributed by atoms with Crippen molar-refractivity contribution in [3.8, 4) is 16.9 Å². The standard InChI is InChI=1S/C15H16FNO/c1-3-10-4-5-14(18)11(8-10)15-12(16)6-9(2)7-13(15)17/h4-8,18H,3,17H2,1-2H3. The number of phenols is 1. The number of aromatic hydroxyl groups is 1. The summed E-state index contributed by atoms with van der Waals surface area (Å²) in [4.78, 5) is 0. The van der Waals surface area contributed by atoms with Crippen molar-refractivity contribution in [1.82, 2.24) is 0 Å². The lowest BCUT2D eigenvalue weighted by molar-refractivity contribution is 0.476. The van der Waals surface area contributed by atoms with Crippen LogP contribution in [0.1, 0.15) is 18.1 Å². The molecule has 0 aliphatic carbocycles. The van der Waals surface area contributed by atoms with Gasteiger partial charge in [0, 0.05) is 16.8 Å². The van der Waals surface area contributed by atoms with Crippen molar-refractivity contribution in [3.63, 3.8) is 0 Å². The van der Waals surface area contributed by atoms with Crippen molar-refractivity contribution >= 4 is 5.69 Å². The molecule has 2 rings (SSSR count).